The van der Waals surface area contributed by atoms with Gasteiger partial charge in [-0.3, -0.25) is 9.59 Å². The number of aromatic nitrogens is 3. The van der Waals surface area contributed by atoms with Crippen LogP contribution in [0.1, 0.15) is 17.5 Å². The fourth-order valence-electron chi connectivity index (χ4n) is 3.01. The van der Waals surface area contributed by atoms with Gasteiger partial charge in [0.15, 0.2) is 12.4 Å². The molecule has 33 heavy (non-hydrogen) atoms. The molecule has 0 bridgehead atoms. The summed E-state index contributed by atoms with van der Waals surface area (Å²) in [6.45, 7) is 2.21. The SMILES string of the molecule is CCNC(=O)COc1cccc(NC(=O)c2nc(-c3cccs3)n(-c3cccc(F)c3)n2)c1. The van der Waals surface area contributed by atoms with Crippen molar-refractivity contribution < 1.29 is 18.7 Å². The highest BCUT2D eigenvalue weighted by Gasteiger charge is 2.20. The van der Waals surface area contributed by atoms with E-state index in [1.165, 1.54) is 28.2 Å². The zero-order chi connectivity index (χ0) is 23.2. The number of benzene rings is 2. The first-order chi connectivity index (χ1) is 16.0. The number of nitrogens with zero attached hydrogens (tertiary/aromatic N) is 3. The van der Waals surface area contributed by atoms with Gasteiger partial charge in [-0.2, -0.15) is 0 Å². The van der Waals surface area contributed by atoms with E-state index in [2.05, 4.69) is 20.7 Å². The molecule has 0 atom stereocenters. The molecule has 0 aliphatic heterocycles. The largest absolute Gasteiger partial charge is 0.484 e. The van der Waals surface area contributed by atoms with E-state index in [0.717, 1.165) is 4.88 Å². The molecule has 0 saturated heterocycles. The monoisotopic (exact) mass is 465 g/mol. The smallest absolute Gasteiger partial charge is 0.295 e. The van der Waals surface area contributed by atoms with Crippen LogP contribution in [-0.4, -0.2) is 39.7 Å². The van der Waals surface area contributed by atoms with Crippen LogP contribution in [0.15, 0.2) is 66.0 Å². The molecule has 0 radical (unpaired) electrons. The van der Waals surface area contributed by atoms with E-state index in [9.17, 15) is 14.0 Å². The number of amides is 2. The normalized spacial score (nSPS) is 10.6. The number of halogens is 1. The van der Waals surface area contributed by atoms with Gasteiger partial charge in [0.2, 0.25) is 5.82 Å². The van der Waals surface area contributed by atoms with Crippen LogP contribution in [0.2, 0.25) is 0 Å². The second-order valence-corrected chi connectivity index (χ2v) is 7.80. The van der Waals surface area contributed by atoms with Crippen molar-refractivity contribution in [3.8, 4) is 22.1 Å². The molecule has 0 fully saturated rings. The summed E-state index contributed by atoms with van der Waals surface area (Å²) in [7, 11) is 0. The molecule has 8 nitrogen and oxygen atoms in total. The van der Waals surface area contributed by atoms with Crippen LogP contribution in [0.3, 0.4) is 0 Å². The lowest BCUT2D eigenvalue weighted by Crippen LogP contribution is -2.28. The molecule has 4 rings (SSSR count). The van der Waals surface area contributed by atoms with Crippen LogP contribution < -0.4 is 15.4 Å². The zero-order valence-electron chi connectivity index (χ0n) is 17.6. The van der Waals surface area contributed by atoms with Crippen molar-refractivity contribution in [2.24, 2.45) is 0 Å². The van der Waals surface area contributed by atoms with E-state index in [1.54, 1.807) is 36.4 Å². The summed E-state index contributed by atoms with van der Waals surface area (Å²) in [4.78, 5) is 29.7. The Balaban J connectivity index is 1.56. The number of likely N-dealkylation sites (N-methyl/N-ethyl adjacent to an activating group) is 1. The van der Waals surface area contributed by atoms with Gasteiger partial charge in [-0.1, -0.05) is 18.2 Å². The molecule has 10 heteroatoms. The average Bonchev–Trinajstić information content (AvgIpc) is 3.48. The van der Waals surface area contributed by atoms with E-state index in [0.29, 0.717) is 29.5 Å². The van der Waals surface area contributed by atoms with E-state index in [1.807, 2.05) is 24.4 Å². The Morgan fingerprint density at radius 3 is 2.73 bits per heavy atom. The minimum absolute atomic E-state index is 0.0729. The predicted molar refractivity (Wildman–Crippen MR) is 123 cm³/mol. The fourth-order valence-corrected chi connectivity index (χ4v) is 3.71. The fraction of sp³-hybridized carbons (Fsp3) is 0.130. The summed E-state index contributed by atoms with van der Waals surface area (Å²) in [6.07, 6.45) is 0. The number of rotatable bonds is 8. The Labute approximate surface area is 193 Å². The summed E-state index contributed by atoms with van der Waals surface area (Å²) < 4.78 is 20.7. The quantitative estimate of drug-likeness (QED) is 0.411. The molecule has 2 aromatic heterocycles. The molecule has 2 aromatic carbocycles. The lowest BCUT2D eigenvalue weighted by atomic mass is 10.3. The van der Waals surface area contributed by atoms with Crippen molar-refractivity contribution in [2.45, 2.75) is 6.92 Å². The molecular weight excluding hydrogens is 445 g/mol. The third-order valence-electron chi connectivity index (χ3n) is 4.44. The number of carbonyl (C=O) groups is 2. The van der Waals surface area contributed by atoms with Crippen molar-refractivity contribution >= 4 is 28.8 Å². The number of anilines is 1. The number of hydrogen-bond donors (Lipinski definition) is 2. The van der Waals surface area contributed by atoms with Gasteiger partial charge in [-0.15, -0.1) is 16.4 Å². The molecule has 0 aliphatic carbocycles. The molecule has 4 aromatic rings. The van der Waals surface area contributed by atoms with Crippen LogP contribution in [-0.2, 0) is 4.79 Å². The molecule has 2 N–H and O–H groups in total. The first-order valence-electron chi connectivity index (χ1n) is 10.1. The van der Waals surface area contributed by atoms with Gasteiger partial charge in [0.05, 0.1) is 10.6 Å². The van der Waals surface area contributed by atoms with Crippen LogP contribution in [0.25, 0.3) is 16.4 Å². The van der Waals surface area contributed by atoms with E-state index >= 15 is 0 Å². The van der Waals surface area contributed by atoms with Crippen LogP contribution in [0.4, 0.5) is 10.1 Å². The number of nitrogens with one attached hydrogen (secondary N) is 2. The zero-order valence-corrected chi connectivity index (χ0v) is 18.4. The number of ether oxygens (including phenoxy) is 1. The van der Waals surface area contributed by atoms with Crippen LogP contribution in [0.5, 0.6) is 5.75 Å². The molecule has 2 heterocycles. The standard InChI is InChI=1S/C23H20FN5O3S/c1-2-25-20(30)14-32-18-9-4-7-16(13-18)26-23(31)21-27-22(19-10-5-11-33-19)29(28-21)17-8-3-6-15(24)12-17/h3-13H,2,14H2,1H3,(H,25,30)(H,26,31). The third kappa shape index (κ3) is 5.42. The van der Waals surface area contributed by atoms with Crippen molar-refractivity contribution in [1.82, 2.24) is 20.1 Å². The van der Waals surface area contributed by atoms with Gasteiger partial charge in [0.25, 0.3) is 11.8 Å². The summed E-state index contributed by atoms with van der Waals surface area (Å²) in [5.74, 6) is -0.410. The third-order valence-corrected chi connectivity index (χ3v) is 5.31. The molecular formula is C23H20FN5O3S. The summed E-state index contributed by atoms with van der Waals surface area (Å²) >= 11 is 1.43. The Bertz CT molecular complexity index is 1270. The maximum atomic E-state index is 13.8. The van der Waals surface area contributed by atoms with Gasteiger partial charge in [-0.05, 0) is 48.7 Å². The van der Waals surface area contributed by atoms with Gasteiger partial charge in [0.1, 0.15) is 11.6 Å². The van der Waals surface area contributed by atoms with Crippen LogP contribution in [0, 0.1) is 5.82 Å². The molecule has 168 valence electrons. The van der Waals surface area contributed by atoms with Crippen molar-refractivity contribution in [3.63, 3.8) is 0 Å². The predicted octanol–water partition coefficient (Wildman–Crippen LogP) is 3.90. The second-order valence-electron chi connectivity index (χ2n) is 6.85. The molecule has 0 unspecified atom stereocenters. The number of thiophene rings is 1. The molecule has 0 saturated carbocycles. The average molecular weight is 466 g/mol. The molecule has 0 aliphatic rings. The minimum atomic E-state index is -0.538. The van der Waals surface area contributed by atoms with Crippen LogP contribution >= 0.6 is 11.3 Å². The van der Waals surface area contributed by atoms with Gasteiger partial charge in [-0.25, -0.2) is 14.1 Å². The van der Waals surface area contributed by atoms with Gasteiger partial charge in [0, 0.05) is 18.3 Å². The first kappa shape index (κ1) is 22.2. The van der Waals surface area contributed by atoms with E-state index in [4.69, 9.17) is 4.74 Å². The van der Waals surface area contributed by atoms with E-state index in [-0.39, 0.29) is 18.3 Å². The Hall–Kier alpha value is -4.05. The number of carbonyl (C=O) groups excluding carboxylic acids is 2. The van der Waals surface area contributed by atoms with E-state index < -0.39 is 11.7 Å². The van der Waals surface area contributed by atoms with Crippen molar-refractivity contribution in [2.75, 3.05) is 18.5 Å². The summed E-state index contributed by atoms with van der Waals surface area (Å²) in [6, 6.07) is 16.3. The van der Waals surface area contributed by atoms with Crippen molar-refractivity contribution in [1.29, 1.82) is 0 Å². The Morgan fingerprint density at radius 2 is 1.97 bits per heavy atom. The molecule has 0 spiro atoms. The number of hydrogen-bond acceptors (Lipinski definition) is 6. The lowest BCUT2D eigenvalue weighted by molar-refractivity contribution is -0.122. The topological polar surface area (TPSA) is 98.1 Å². The summed E-state index contributed by atoms with van der Waals surface area (Å²) in [5.41, 5.74) is 0.902. The minimum Gasteiger partial charge on any atom is -0.484 e. The van der Waals surface area contributed by atoms with Gasteiger partial charge < -0.3 is 15.4 Å². The maximum Gasteiger partial charge on any atom is 0.295 e. The van der Waals surface area contributed by atoms with Gasteiger partial charge >= 0.3 is 0 Å². The van der Waals surface area contributed by atoms with Crippen molar-refractivity contribution in [3.05, 3.63) is 77.7 Å². The second kappa shape index (κ2) is 10.0. The molecule has 2 amide bonds. The Kier molecular flexibility index (Phi) is 6.75. The highest BCUT2D eigenvalue weighted by Crippen LogP contribution is 2.26. The maximum absolute atomic E-state index is 13.8. The highest BCUT2D eigenvalue weighted by atomic mass is 32.1. The Morgan fingerprint density at radius 1 is 1.12 bits per heavy atom. The summed E-state index contributed by atoms with van der Waals surface area (Å²) in [5, 5.41) is 11.6. The highest BCUT2D eigenvalue weighted by molar-refractivity contribution is 7.13. The lowest BCUT2D eigenvalue weighted by Gasteiger charge is -2.08. The first-order valence-corrected chi connectivity index (χ1v) is 11.0.